The van der Waals surface area contributed by atoms with E-state index in [0.717, 1.165) is 11.7 Å². The van der Waals surface area contributed by atoms with E-state index in [2.05, 4.69) is 20.1 Å². The Balaban J connectivity index is 3.07. The molecule has 0 aliphatic rings. The fraction of sp³-hybridized carbons (Fsp3) is 0.889. The molecule has 0 bridgehead atoms. The van der Waals surface area contributed by atoms with Gasteiger partial charge in [0.1, 0.15) is 0 Å². The fourth-order valence-corrected chi connectivity index (χ4v) is 2.23. The number of hydrogen-bond acceptors (Lipinski definition) is 2. The standard InChI is InChI=1S/C9H19S2/c1-4-9(10-3)7-6-8-11-5-2/h9H,1,4-8H2,2-3H3. The van der Waals surface area contributed by atoms with Gasteiger partial charge in [-0.1, -0.05) is 13.8 Å². The molecular weight excluding hydrogens is 172 g/mol. The Morgan fingerprint density at radius 3 is 2.64 bits per heavy atom. The highest BCUT2D eigenvalue weighted by atomic mass is 32.2. The molecule has 11 heavy (non-hydrogen) atoms. The lowest BCUT2D eigenvalue weighted by atomic mass is 10.2. The zero-order valence-electron chi connectivity index (χ0n) is 7.64. The lowest BCUT2D eigenvalue weighted by Crippen LogP contribution is -2.00. The highest BCUT2D eigenvalue weighted by Crippen LogP contribution is 2.17. The maximum atomic E-state index is 3.93. The summed E-state index contributed by atoms with van der Waals surface area (Å²) in [7, 11) is 0. The molecule has 0 amide bonds. The van der Waals surface area contributed by atoms with Crippen LogP contribution in [0.4, 0.5) is 0 Å². The van der Waals surface area contributed by atoms with Gasteiger partial charge in [-0.05, 0) is 37.0 Å². The molecule has 2 heteroatoms. The van der Waals surface area contributed by atoms with Gasteiger partial charge in [0.2, 0.25) is 0 Å². The normalized spacial score (nSPS) is 13.4. The van der Waals surface area contributed by atoms with Crippen LogP contribution in [0.15, 0.2) is 0 Å². The minimum Gasteiger partial charge on any atom is -0.162 e. The second-order valence-corrected chi connectivity index (χ2v) is 5.02. The summed E-state index contributed by atoms with van der Waals surface area (Å²) in [6.07, 6.45) is 5.97. The average Bonchev–Trinajstić information content (AvgIpc) is 2.05. The van der Waals surface area contributed by atoms with E-state index in [1.165, 1.54) is 24.3 Å². The molecular formula is C9H19S2. The van der Waals surface area contributed by atoms with Crippen LogP contribution >= 0.6 is 23.5 Å². The molecule has 0 N–H and O–H groups in total. The third kappa shape index (κ3) is 7.07. The summed E-state index contributed by atoms with van der Waals surface area (Å²) in [4.78, 5) is 0. The fourth-order valence-electron chi connectivity index (χ4n) is 0.937. The van der Waals surface area contributed by atoms with Gasteiger partial charge in [-0.3, -0.25) is 0 Å². The van der Waals surface area contributed by atoms with Gasteiger partial charge in [-0.25, -0.2) is 0 Å². The van der Waals surface area contributed by atoms with Crippen molar-refractivity contribution in [3.8, 4) is 0 Å². The van der Waals surface area contributed by atoms with Gasteiger partial charge in [0.15, 0.2) is 0 Å². The zero-order valence-corrected chi connectivity index (χ0v) is 9.27. The molecule has 0 nitrogen and oxygen atoms in total. The van der Waals surface area contributed by atoms with E-state index in [9.17, 15) is 0 Å². The molecule has 0 aliphatic carbocycles. The Labute approximate surface area is 79.9 Å². The summed E-state index contributed by atoms with van der Waals surface area (Å²) in [6.45, 7) is 6.15. The first-order chi connectivity index (χ1) is 5.35. The second kappa shape index (κ2) is 8.79. The van der Waals surface area contributed by atoms with E-state index >= 15 is 0 Å². The average molecular weight is 191 g/mol. The van der Waals surface area contributed by atoms with Gasteiger partial charge in [-0.15, -0.1) is 0 Å². The summed E-state index contributed by atoms with van der Waals surface area (Å²) in [5.41, 5.74) is 0. The Bertz CT molecular complexity index is 70.0. The van der Waals surface area contributed by atoms with Crippen molar-refractivity contribution in [1.82, 2.24) is 0 Å². The van der Waals surface area contributed by atoms with Crippen molar-refractivity contribution in [2.24, 2.45) is 0 Å². The van der Waals surface area contributed by atoms with Crippen molar-refractivity contribution in [1.29, 1.82) is 0 Å². The van der Waals surface area contributed by atoms with Gasteiger partial charge in [0.05, 0.1) is 0 Å². The van der Waals surface area contributed by atoms with Crippen LogP contribution < -0.4 is 0 Å². The van der Waals surface area contributed by atoms with Crippen LogP contribution in [0.25, 0.3) is 0 Å². The van der Waals surface area contributed by atoms with Crippen LogP contribution in [0.3, 0.4) is 0 Å². The summed E-state index contributed by atoms with van der Waals surface area (Å²) in [6, 6.07) is 0. The van der Waals surface area contributed by atoms with Crippen molar-refractivity contribution in [3.63, 3.8) is 0 Å². The van der Waals surface area contributed by atoms with Crippen molar-refractivity contribution in [3.05, 3.63) is 6.92 Å². The third-order valence-corrected chi connectivity index (χ3v) is 3.80. The lowest BCUT2D eigenvalue weighted by Gasteiger charge is -2.10. The van der Waals surface area contributed by atoms with Crippen LogP contribution in [0, 0.1) is 6.92 Å². The van der Waals surface area contributed by atoms with Crippen molar-refractivity contribution in [2.75, 3.05) is 17.8 Å². The summed E-state index contributed by atoms with van der Waals surface area (Å²) in [5.74, 6) is 2.59. The zero-order chi connectivity index (χ0) is 8.53. The van der Waals surface area contributed by atoms with Crippen molar-refractivity contribution >= 4 is 23.5 Å². The van der Waals surface area contributed by atoms with E-state index in [-0.39, 0.29) is 0 Å². The molecule has 0 fully saturated rings. The first kappa shape index (κ1) is 11.7. The van der Waals surface area contributed by atoms with Gasteiger partial charge >= 0.3 is 0 Å². The minimum atomic E-state index is 0.799. The molecule has 0 heterocycles. The molecule has 0 aliphatic heterocycles. The Kier molecular flexibility index (Phi) is 9.35. The molecule has 0 rings (SSSR count). The van der Waals surface area contributed by atoms with Crippen LogP contribution in [-0.2, 0) is 0 Å². The van der Waals surface area contributed by atoms with E-state index in [4.69, 9.17) is 0 Å². The highest BCUT2D eigenvalue weighted by molar-refractivity contribution is 7.99. The van der Waals surface area contributed by atoms with E-state index in [0.29, 0.717) is 0 Å². The highest BCUT2D eigenvalue weighted by Gasteiger charge is 2.02. The predicted molar refractivity (Wildman–Crippen MR) is 59.5 cm³/mol. The maximum absolute atomic E-state index is 3.93. The van der Waals surface area contributed by atoms with Crippen LogP contribution in [-0.4, -0.2) is 23.0 Å². The third-order valence-electron chi connectivity index (χ3n) is 1.67. The topological polar surface area (TPSA) is 0 Å². The summed E-state index contributed by atoms with van der Waals surface area (Å²) < 4.78 is 0. The predicted octanol–water partition coefficient (Wildman–Crippen LogP) is 3.48. The molecule has 1 atom stereocenters. The van der Waals surface area contributed by atoms with E-state index < -0.39 is 0 Å². The van der Waals surface area contributed by atoms with Crippen LogP contribution in [0.2, 0.25) is 0 Å². The molecule has 0 saturated carbocycles. The molecule has 0 aromatic carbocycles. The monoisotopic (exact) mass is 191 g/mol. The first-order valence-electron chi connectivity index (χ1n) is 4.24. The number of rotatable bonds is 7. The Morgan fingerprint density at radius 2 is 2.18 bits per heavy atom. The summed E-state index contributed by atoms with van der Waals surface area (Å²) in [5, 5.41) is 0.799. The van der Waals surface area contributed by atoms with Crippen LogP contribution in [0.1, 0.15) is 26.2 Å². The second-order valence-electron chi connectivity index (χ2n) is 2.49. The molecule has 0 saturated heterocycles. The number of hydrogen-bond donors (Lipinski definition) is 0. The summed E-state index contributed by atoms with van der Waals surface area (Å²) >= 11 is 4.00. The molecule has 0 spiro atoms. The van der Waals surface area contributed by atoms with Gasteiger partial charge in [0, 0.05) is 5.25 Å². The van der Waals surface area contributed by atoms with Crippen molar-refractivity contribution in [2.45, 2.75) is 31.4 Å². The molecule has 67 valence electrons. The first-order valence-corrected chi connectivity index (χ1v) is 6.69. The Morgan fingerprint density at radius 1 is 1.45 bits per heavy atom. The van der Waals surface area contributed by atoms with Gasteiger partial charge < -0.3 is 0 Å². The Hall–Kier alpha value is 0.700. The van der Waals surface area contributed by atoms with Gasteiger partial charge in [0.25, 0.3) is 0 Å². The quantitative estimate of drug-likeness (QED) is 0.565. The lowest BCUT2D eigenvalue weighted by molar-refractivity contribution is 0.752. The minimum absolute atomic E-state index is 0.799. The van der Waals surface area contributed by atoms with E-state index in [1.54, 1.807) is 0 Å². The maximum Gasteiger partial charge on any atom is 0.00445 e. The molecule has 1 radical (unpaired) electrons. The van der Waals surface area contributed by atoms with Crippen LogP contribution in [0.5, 0.6) is 0 Å². The van der Waals surface area contributed by atoms with Crippen molar-refractivity contribution < 1.29 is 0 Å². The molecule has 0 aromatic heterocycles. The molecule has 1 unspecified atom stereocenters. The van der Waals surface area contributed by atoms with E-state index in [1.807, 2.05) is 23.5 Å². The van der Waals surface area contributed by atoms with Gasteiger partial charge in [-0.2, -0.15) is 23.5 Å². The molecule has 0 aromatic rings. The number of thioether (sulfide) groups is 2. The largest absolute Gasteiger partial charge is 0.162 e. The smallest absolute Gasteiger partial charge is 0.00445 e. The SMILES string of the molecule is [CH2]CC(CCCSCC)SC.